The fourth-order valence-electron chi connectivity index (χ4n) is 2.75. The number of halogens is 1. The zero-order valence-electron chi connectivity index (χ0n) is 13.3. The lowest BCUT2D eigenvalue weighted by molar-refractivity contribution is 0.160. The Bertz CT molecular complexity index is 744. The predicted molar refractivity (Wildman–Crippen MR) is 108 cm³/mol. The van der Waals surface area contributed by atoms with Crippen molar-refractivity contribution in [3.8, 4) is 0 Å². The van der Waals surface area contributed by atoms with Crippen molar-refractivity contribution in [2.75, 3.05) is 5.32 Å². The molecule has 24 heavy (non-hydrogen) atoms. The molecule has 2 nitrogen and oxygen atoms in total. The van der Waals surface area contributed by atoms with Gasteiger partial charge in [-0.15, -0.1) is 0 Å². The van der Waals surface area contributed by atoms with E-state index in [0.717, 1.165) is 11.3 Å². The van der Waals surface area contributed by atoms with Crippen LogP contribution < -0.4 is 5.32 Å². The van der Waals surface area contributed by atoms with Crippen molar-refractivity contribution >= 4 is 28.3 Å². The summed E-state index contributed by atoms with van der Waals surface area (Å²) < 4.78 is 1.21. The first-order valence-electron chi connectivity index (χ1n) is 8.02. The van der Waals surface area contributed by atoms with Crippen LogP contribution in [0.2, 0.25) is 0 Å². The van der Waals surface area contributed by atoms with Gasteiger partial charge in [0.1, 0.15) is 0 Å². The van der Waals surface area contributed by atoms with E-state index in [1.807, 2.05) is 48.5 Å². The van der Waals surface area contributed by atoms with Crippen LogP contribution in [0, 0.1) is 3.57 Å². The van der Waals surface area contributed by atoms with Gasteiger partial charge in [-0.2, -0.15) is 0 Å². The molecular formula is C21H20INO. The van der Waals surface area contributed by atoms with Crippen LogP contribution >= 0.6 is 22.6 Å². The summed E-state index contributed by atoms with van der Waals surface area (Å²) in [5.41, 5.74) is 3.18. The SMILES string of the molecule is OC(CC(Nc1ccc(I)cc1)c1ccccc1)c1ccccc1. The van der Waals surface area contributed by atoms with Gasteiger partial charge in [0.2, 0.25) is 0 Å². The van der Waals surface area contributed by atoms with E-state index in [1.165, 1.54) is 9.13 Å². The highest BCUT2D eigenvalue weighted by Gasteiger charge is 2.17. The van der Waals surface area contributed by atoms with E-state index in [4.69, 9.17) is 0 Å². The number of benzene rings is 3. The summed E-state index contributed by atoms with van der Waals surface area (Å²) in [6.07, 6.45) is 0.104. The van der Waals surface area contributed by atoms with E-state index in [1.54, 1.807) is 0 Å². The fraction of sp³-hybridized carbons (Fsp3) is 0.143. The molecule has 3 heteroatoms. The van der Waals surface area contributed by atoms with Crippen LogP contribution in [0.4, 0.5) is 5.69 Å². The fourth-order valence-corrected chi connectivity index (χ4v) is 3.11. The second-order valence-corrected chi connectivity index (χ2v) is 7.02. The zero-order chi connectivity index (χ0) is 16.8. The van der Waals surface area contributed by atoms with Crippen molar-refractivity contribution in [3.63, 3.8) is 0 Å². The number of anilines is 1. The number of aliphatic hydroxyl groups excluding tert-OH is 1. The summed E-state index contributed by atoms with van der Waals surface area (Å²) >= 11 is 2.30. The van der Waals surface area contributed by atoms with Gasteiger partial charge < -0.3 is 10.4 Å². The van der Waals surface area contributed by atoms with Gasteiger partial charge in [-0.3, -0.25) is 0 Å². The molecule has 0 saturated heterocycles. The number of hydrogen-bond acceptors (Lipinski definition) is 2. The molecule has 0 radical (unpaired) electrons. The van der Waals surface area contributed by atoms with Gasteiger partial charge in [0.25, 0.3) is 0 Å². The molecule has 0 aliphatic heterocycles. The maximum Gasteiger partial charge on any atom is 0.0812 e. The van der Waals surface area contributed by atoms with Gasteiger partial charge in [0, 0.05) is 15.7 Å². The normalized spacial score (nSPS) is 13.2. The lowest BCUT2D eigenvalue weighted by Crippen LogP contribution is -2.14. The molecule has 3 rings (SSSR count). The third-order valence-electron chi connectivity index (χ3n) is 4.03. The third-order valence-corrected chi connectivity index (χ3v) is 4.75. The van der Waals surface area contributed by atoms with Gasteiger partial charge in [-0.25, -0.2) is 0 Å². The smallest absolute Gasteiger partial charge is 0.0812 e. The Kier molecular flexibility index (Phi) is 5.88. The van der Waals surface area contributed by atoms with Crippen LogP contribution in [-0.2, 0) is 0 Å². The largest absolute Gasteiger partial charge is 0.388 e. The molecular weight excluding hydrogens is 409 g/mol. The molecule has 122 valence electrons. The summed E-state index contributed by atoms with van der Waals surface area (Å²) in [7, 11) is 0. The Morgan fingerprint density at radius 1 is 0.750 bits per heavy atom. The van der Waals surface area contributed by atoms with E-state index in [0.29, 0.717) is 6.42 Å². The minimum absolute atomic E-state index is 0.0430. The monoisotopic (exact) mass is 429 g/mol. The summed E-state index contributed by atoms with van der Waals surface area (Å²) in [6.45, 7) is 0. The van der Waals surface area contributed by atoms with Crippen LogP contribution in [0.3, 0.4) is 0 Å². The number of hydrogen-bond donors (Lipinski definition) is 2. The first-order chi connectivity index (χ1) is 11.7. The molecule has 0 fully saturated rings. The predicted octanol–water partition coefficient (Wildman–Crippen LogP) is 5.57. The highest BCUT2D eigenvalue weighted by Crippen LogP contribution is 2.29. The quantitative estimate of drug-likeness (QED) is 0.503. The van der Waals surface area contributed by atoms with Gasteiger partial charge >= 0.3 is 0 Å². The number of aliphatic hydroxyl groups is 1. The van der Waals surface area contributed by atoms with Crippen LogP contribution in [0.25, 0.3) is 0 Å². The van der Waals surface area contributed by atoms with E-state index in [2.05, 4.69) is 64.3 Å². The molecule has 2 unspecified atom stereocenters. The maximum atomic E-state index is 10.6. The molecule has 3 aromatic rings. The van der Waals surface area contributed by atoms with Gasteiger partial charge in [0.05, 0.1) is 12.1 Å². The summed E-state index contributed by atoms with van der Waals surface area (Å²) in [5.74, 6) is 0. The Morgan fingerprint density at radius 3 is 1.88 bits per heavy atom. The summed E-state index contributed by atoms with van der Waals surface area (Å²) in [4.78, 5) is 0. The first kappa shape index (κ1) is 17.0. The average Bonchev–Trinajstić information content (AvgIpc) is 2.64. The zero-order valence-corrected chi connectivity index (χ0v) is 15.4. The Hall–Kier alpha value is -1.85. The van der Waals surface area contributed by atoms with Crippen molar-refractivity contribution in [3.05, 3.63) is 99.6 Å². The van der Waals surface area contributed by atoms with Gasteiger partial charge in [-0.05, 0) is 58.0 Å². The summed E-state index contributed by atoms with van der Waals surface area (Å²) in [6, 6.07) is 28.5. The topological polar surface area (TPSA) is 32.3 Å². The Balaban J connectivity index is 1.81. The van der Waals surface area contributed by atoms with E-state index >= 15 is 0 Å². The van der Waals surface area contributed by atoms with Crippen molar-refractivity contribution in [1.29, 1.82) is 0 Å². The number of nitrogens with one attached hydrogen (secondary N) is 1. The molecule has 2 N–H and O–H groups in total. The van der Waals surface area contributed by atoms with E-state index in [9.17, 15) is 5.11 Å². The second kappa shape index (κ2) is 8.31. The molecule has 0 amide bonds. The highest BCUT2D eigenvalue weighted by atomic mass is 127. The Morgan fingerprint density at radius 2 is 1.29 bits per heavy atom. The van der Waals surface area contributed by atoms with Crippen molar-refractivity contribution < 1.29 is 5.11 Å². The van der Waals surface area contributed by atoms with E-state index < -0.39 is 6.10 Å². The molecule has 0 bridgehead atoms. The molecule has 0 aliphatic rings. The molecule has 0 aromatic heterocycles. The highest BCUT2D eigenvalue weighted by molar-refractivity contribution is 14.1. The Labute approximate surface area is 156 Å². The summed E-state index contributed by atoms with van der Waals surface area (Å²) in [5, 5.41) is 14.2. The lowest BCUT2D eigenvalue weighted by atomic mass is 9.96. The molecule has 0 saturated carbocycles. The van der Waals surface area contributed by atoms with Crippen molar-refractivity contribution in [2.24, 2.45) is 0 Å². The van der Waals surface area contributed by atoms with Crippen LogP contribution in [0.15, 0.2) is 84.9 Å². The van der Waals surface area contributed by atoms with Crippen LogP contribution in [-0.4, -0.2) is 5.11 Å². The molecule has 0 aliphatic carbocycles. The average molecular weight is 429 g/mol. The number of rotatable bonds is 6. The molecule has 0 heterocycles. The van der Waals surface area contributed by atoms with Gasteiger partial charge in [-0.1, -0.05) is 60.7 Å². The van der Waals surface area contributed by atoms with Crippen molar-refractivity contribution in [2.45, 2.75) is 18.6 Å². The first-order valence-corrected chi connectivity index (χ1v) is 9.10. The standard InChI is InChI=1S/C21H20INO/c22-18-11-13-19(14-12-18)23-20(16-7-3-1-4-8-16)15-21(24)17-9-5-2-6-10-17/h1-14,20-21,23-24H,15H2. The molecule has 0 spiro atoms. The lowest BCUT2D eigenvalue weighted by Gasteiger charge is -2.23. The second-order valence-electron chi connectivity index (χ2n) is 5.78. The minimum atomic E-state index is -0.507. The minimum Gasteiger partial charge on any atom is -0.388 e. The van der Waals surface area contributed by atoms with Gasteiger partial charge in [0.15, 0.2) is 0 Å². The van der Waals surface area contributed by atoms with Crippen LogP contribution in [0.5, 0.6) is 0 Å². The molecule has 2 atom stereocenters. The molecule has 3 aromatic carbocycles. The van der Waals surface area contributed by atoms with Crippen molar-refractivity contribution in [1.82, 2.24) is 0 Å². The maximum absolute atomic E-state index is 10.6. The van der Waals surface area contributed by atoms with Crippen LogP contribution in [0.1, 0.15) is 29.7 Å². The third kappa shape index (κ3) is 4.58. The van der Waals surface area contributed by atoms with E-state index in [-0.39, 0.29) is 6.04 Å².